The normalized spacial score (nSPS) is 17.7. The number of anilines is 1. The summed E-state index contributed by atoms with van der Waals surface area (Å²) in [5, 5.41) is 3.60. The van der Waals surface area contributed by atoms with E-state index in [-0.39, 0.29) is 23.0 Å². The number of hydrogen-bond donors (Lipinski definition) is 1. The van der Waals surface area contributed by atoms with E-state index in [0.717, 1.165) is 5.69 Å². The Kier molecular flexibility index (Phi) is 7.95. The van der Waals surface area contributed by atoms with Gasteiger partial charge in [0.25, 0.3) is 0 Å². The van der Waals surface area contributed by atoms with Gasteiger partial charge in [-0.25, -0.2) is 8.42 Å². The van der Waals surface area contributed by atoms with E-state index >= 15 is 0 Å². The zero-order valence-electron chi connectivity index (χ0n) is 18.8. The number of ether oxygens (including phenoxy) is 2. The lowest BCUT2D eigenvalue weighted by atomic mass is 10.1. The Bertz CT molecular complexity index is 1060. The second kappa shape index (κ2) is 10.9. The minimum Gasteiger partial charge on any atom is -0.495 e. The first-order valence-electron chi connectivity index (χ1n) is 11.3. The first-order chi connectivity index (χ1) is 16.0. The number of carbonyl (C=O) groups is 1. The number of rotatable bonds is 8. The molecule has 0 radical (unpaired) electrons. The monoisotopic (exact) mass is 490 g/mol. The lowest BCUT2D eigenvalue weighted by Gasteiger charge is -2.26. The summed E-state index contributed by atoms with van der Waals surface area (Å²) in [5.41, 5.74) is 1.33. The molecule has 7 nitrogen and oxygen atoms in total. The third kappa shape index (κ3) is 6.09. The van der Waals surface area contributed by atoms with Crippen molar-refractivity contribution in [2.24, 2.45) is 0 Å². The van der Waals surface area contributed by atoms with E-state index in [0.29, 0.717) is 37.1 Å². The molecule has 1 amide bonds. The SMILES string of the molecule is COc1ccc(CC(=O)Nc2ccc(SC3CCCC3)cc2)cc1S(=O)(=O)N1CCOCC1. The molecular formula is C24H30N2O5S2. The van der Waals surface area contributed by atoms with Gasteiger partial charge in [-0.2, -0.15) is 4.31 Å². The molecule has 2 fully saturated rings. The third-order valence-corrected chi connectivity index (χ3v) is 9.19. The zero-order chi connectivity index (χ0) is 23.3. The van der Waals surface area contributed by atoms with E-state index in [9.17, 15) is 13.2 Å². The number of benzene rings is 2. The van der Waals surface area contributed by atoms with Gasteiger partial charge in [-0.05, 0) is 54.8 Å². The molecule has 0 spiro atoms. The predicted molar refractivity (Wildman–Crippen MR) is 129 cm³/mol. The van der Waals surface area contributed by atoms with Crippen LogP contribution in [-0.4, -0.2) is 57.3 Å². The smallest absolute Gasteiger partial charge is 0.246 e. The average molecular weight is 491 g/mol. The van der Waals surface area contributed by atoms with Crippen molar-refractivity contribution in [3.05, 3.63) is 48.0 Å². The van der Waals surface area contributed by atoms with Gasteiger partial charge in [0.2, 0.25) is 15.9 Å². The Morgan fingerprint density at radius 3 is 2.48 bits per heavy atom. The molecular weight excluding hydrogens is 460 g/mol. The Balaban J connectivity index is 1.42. The lowest BCUT2D eigenvalue weighted by Crippen LogP contribution is -2.40. The van der Waals surface area contributed by atoms with Crippen molar-refractivity contribution in [1.82, 2.24) is 4.31 Å². The van der Waals surface area contributed by atoms with Gasteiger partial charge in [-0.15, -0.1) is 11.8 Å². The van der Waals surface area contributed by atoms with Gasteiger partial charge in [0.15, 0.2) is 0 Å². The van der Waals surface area contributed by atoms with Gasteiger partial charge in [-0.3, -0.25) is 4.79 Å². The van der Waals surface area contributed by atoms with Crippen molar-refractivity contribution >= 4 is 33.4 Å². The summed E-state index contributed by atoms with van der Waals surface area (Å²) in [6.07, 6.45) is 5.23. The van der Waals surface area contributed by atoms with Crippen LogP contribution in [0.25, 0.3) is 0 Å². The molecule has 1 saturated heterocycles. The highest BCUT2D eigenvalue weighted by Gasteiger charge is 2.29. The van der Waals surface area contributed by atoms with Crippen LogP contribution in [-0.2, 0) is 26.0 Å². The summed E-state index contributed by atoms with van der Waals surface area (Å²) >= 11 is 1.91. The van der Waals surface area contributed by atoms with Gasteiger partial charge in [0.05, 0.1) is 26.7 Å². The average Bonchev–Trinajstić information content (AvgIpc) is 3.34. The summed E-state index contributed by atoms with van der Waals surface area (Å²) in [6, 6.07) is 12.8. The molecule has 9 heteroatoms. The summed E-state index contributed by atoms with van der Waals surface area (Å²) in [4.78, 5) is 13.9. The molecule has 1 heterocycles. The van der Waals surface area contributed by atoms with Gasteiger partial charge in [0.1, 0.15) is 10.6 Å². The topological polar surface area (TPSA) is 84.9 Å². The predicted octanol–water partition coefficient (Wildman–Crippen LogP) is 3.93. The Labute approximate surface area is 199 Å². The maximum absolute atomic E-state index is 13.1. The van der Waals surface area contributed by atoms with Crippen LogP contribution >= 0.6 is 11.8 Å². The van der Waals surface area contributed by atoms with Crippen molar-refractivity contribution in [2.45, 2.75) is 47.1 Å². The number of methoxy groups -OCH3 is 1. The molecule has 2 aromatic carbocycles. The van der Waals surface area contributed by atoms with E-state index in [1.54, 1.807) is 12.1 Å². The molecule has 0 aromatic heterocycles. The van der Waals surface area contributed by atoms with E-state index in [2.05, 4.69) is 5.32 Å². The summed E-state index contributed by atoms with van der Waals surface area (Å²) in [7, 11) is -2.30. The molecule has 1 aliphatic carbocycles. The molecule has 4 rings (SSSR count). The first-order valence-corrected chi connectivity index (χ1v) is 13.6. The van der Waals surface area contributed by atoms with Crippen molar-refractivity contribution in [1.29, 1.82) is 0 Å². The highest BCUT2D eigenvalue weighted by molar-refractivity contribution is 8.00. The van der Waals surface area contributed by atoms with Crippen LogP contribution in [0.1, 0.15) is 31.2 Å². The molecule has 33 heavy (non-hydrogen) atoms. The molecule has 2 aliphatic rings. The first kappa shape index (κ1) is 24.1. The highest BCUT2D eigenvalue weighted by atomic mass is 32.2. The minimum atomic E-state index is -3.74. The fourth-order valence-electron chi connectivity index (χ4n) is 4.16. The molecule has 1 N–H and O–H groups in total. The number of amides is 1. The van der Waals surface area contributed by atoms with Gasteiger partial charge >= 0.3 is 0 Å². The fourth-order valence-corrected chi connectivity index (χ4v) is 7.03. The second-order valence-electron chi connectivity index (χ2n) is 8.28. The largest absolute Gasteiger partial charge is 0.495 e. The van der Waals surface area contributed by atoms with E-state index < -0.39 is 10.0 Å². The highest BCUT2D eigenvalue weighted by Crippen LogP contribution is 2.35. The summed E-state index contributed by atoms with van der Waals surface area (Å²) in [6.45, 7) is 1.32. The molecule has 1 saturated carbocycles. The number of carbonyl (C=O) groups excluding carboxylic acids is 1. The molecule has 1 aliphatic heterocycles. The molecule has 0 atom stereocenters. The number of nitrogens with zero attached hydrogens (tertiary/aromatic N) is 1. The van der Waals surface area contributed by atoms with Gasteiger partial charge in [0, 0.05) is 28.9 Å². The van der Waals surface area contributed by atoms with Crippen molar-refractivity contribution in [3.63, 3.8) is 0 Å². The van der Waals surface area contributed by atoms with E-state index in [1.165, 1.54) is 48.1 Å². The maximum atomic E-state index is 13.1. The number of thioether (sulfide) groups is 1. The second-order valence-corrected chi connectivity index (χ2v) is 11.6. The van der Waals surface area contributed by atoms with Gasteiger partial charge < -0.3 is 14.8 Å². The molecule has 2 aromatic rings. The van der Waals surface area contributed by atoms with Crippen LogP contribution in [0.4, 0.5) is 5.69 Å². The Morgan fingerprint density at radius 1 is 1.12 bits per heavy atom. The third-order valence-electron chi connectivity index (χ3n) is 5.92. The van der Waals surface area contributed by atoms with E-state index in [1.807, 2.05) is 36.0 Å². The maximum Gasteiger partial charge on any atom is 0.246 e. The van der Waals surface area contributed by atoms with Gasteiger partial charge in [-0.1, -0.05) is 18.9 Å². The van der Waals surface area contributed by atoms with E-state index in [4.69, 9.17) is 9.47 Å². The summed E-state index contributed by atoms with van der Waals surface area (Å²) < 4.78 is 38.2. The van der Waals surface area contributed by atoms with Crippen LogP contribution in [0.2, 0.25) is 0 Å². The Morgan fingerprint density at radius 2 is 1.82 bits per heavy atom. The van der Waals surface area contributed by atoms with Crippen molar-refractivity contribution in [3.8, 4) is 5.75 Å². The van der Waals surface area contributed by atoms with Crippen LogP contribution in [0, 0.1) is 0 Å². The lowest BCUT2D eigenvalue weighted by molar-refractivity contribution is -0.115. The fraction of sp³-hybridized carbons (Fsp3) is 0.458. The van der Waals surface area contributed by atoms with Crippen LogP contribution in [0.5, 0.6) is 5.75 Å². The number of morpholine rings is 1. The number of sulfonamides is 1. The number of nitrogens with one attached hydrogen (secondary N) is 1. The zero-order valence-corrected chi connectivity index (χ0v) is 20.4. The van der Waals surface area contributed by atoms with Crippen LogP contribution < -0.4 is 10.1 Å². The standard InChI is InChI=1S/C24H30N2O5S2/c1-30-22-11-6-18(16-23(22)33(28,29)26-12-14-31-15-13-26)17-24(27)25-19-7-9-21(10-8-19)32-20-4-2-3-5-20/h6-11,16,20H,2-5,12-15,17H2,1H3,(H,25,27). The quantitative estimate of drug-likeness (QED) is 0.604. The van der Waals surface area contributed by atoms with Crippen LogP contribution in [0.3, 0.4) is 0 Å². The number of hydrogen-bond acceptors (Lipinski definition) is 6. The minimum absolute atomic E-state index is 0.0637. The molecule has 0 bridgehead atoms. The molecule has 0 unspecified atom stereocenters. The summed E-state index contributed by atoms with van der Waals surface area (Å²) in [5.74, 6) is 0.0621. The Hall–Kier alpha value is -2.07. The van der Waals surface area contributed by atoms with Crippen LogP contribution in [0.15, 0.2) is 52.3 Å². The molecule has 178 valence electrons. The van der Waals surface area contributed by atoms with Crippen molar-refractivity contribution in [2.75, 3.05) is 38.7 Å². The van der Waals surface area contributed by atoms with Crippen molar-refractivity contribution < 1.29 is 22.7 Å².